The van der Waals surface area contributed by atoms with Crippen molar-refractivity contribution in [1.29, 1.82) is 0 Å². The maximum absolute atomic E-state index is 5.49. The molecule has 0 atom stereocenters. The van der Waals surface area contributed by atoms with Crippen molar-refractivity contribution in [3.05, 3.63) is 27.0 Å². The van der Waals surface area contributed by atoms with E-state index in [9.17, 15) is 0 Å². The molecule has 2 heterocycles. The molecule has 0 radical (unpaired) electrons. The Bertz CT molecular complexity index is 566. The first-order valence-corrected chi connectivity index (χ1v) is 7.12. The zero-order valence-corrected chi connectivity index (χ0v) is 13.5. The number of rotatable bonds is 3. The summed E-state index contributed by atoms with van der Waals surface area (Å²) in [5.41, 5.74) is 0.955. The minimum absolute atomic E-state index is 0.298. The standard InChI is InChI=1S/C12H13Br2N3O/c1-6(2)10-9(14)12(15-3)17-11(16-10)7-4-5-8(13)18-7/h4-6H,1-3H3,(H,15,16,17). The second-order valence-electron chi connectivity index (χ2n) is 4.10. The maximum atomic E-state index is 5.49. The number of hydrogen-bond donors (Lipinski definition) is 1. The van der Waals surface area contributed by atoms with Crippen LogP contribution in [0.25, 0.3) is 11.6 Å². The third-order valence-electron chi connectivity index (χ3n) is 2.45. The highest BCUT2D eigenvalue weighted by atomic mass is 79.9. The summed E-state index contributed by atoms with van der Waals surface area (Å²) >= 11 is 6.81. The van der Waals surface area contributed by atoms with E-state index < -0.39 is 0 Å². The van der Waals surface area contributed by atoms with E-state index in [2.05, 4.69) is 61.0 Å². The number of anilines is 1. The maximum Gasteiger partial charge on any atom is 0.197 e. The smallest absolute Gasteiger partial charge is 0.197 e. The van der Waals surface area contributed by atoms with Crippen LogP contribution in [0.2, 0.25) is 0 Å². The van der Waals surface area contributed by atoms with Crippen molar-refractivity contribution in [3.8, 4) is 11.6 Å². The number of nitrogens with zero attached hydrogens (tertiary/aromatic N) is 2. The Kier molecular flexibility index (Phi) is 4.07. The number of furan rings is 1. The van der Waals surface area contributed by atoms with Gasteiger partial charge in [0.1, 0.15) is 5.82 Å². The van der Waals surface area contributed by atoms with E-state index >= 15 is 0 Å². The van der Waals surface area contributed by atoms with Gasteiger partial charge < -0.3 is 9.73 Å². The van der Waals surface area contributed by atoms with E-state index in [0.717, 1.165) is 16.0 Å². The van der Waals surface area contributed by atoms with Crippen molar-refractivity contribution in [1.82, 2.24) is 9.97 Å². The van der Waals surface area contributed by atoms with Crippen molar-refractivity contribution >= 4 is 37.7 Å². The van der Waals surface area contributed by atoms with E-state index in [1.54, 1.807) is 0 Å². The molecular weight excluding hydrogens is 362 g/mol. The van der Waals surface area contributed by atoms with E-state index in [1.165, 1.54) is 0 Å². The van der Waals surface area contributed by atoms with E-state index in [1.807, 2.05) is 19.2 Å². The molecule has 0 spiro atoms. The van der Waals surface area contributed by atoms with E-state index in [0.29, 0.717) is 22.2 Å². The van der Waals surface area contributed by atoms with Gasteiger partial charge in [0.05, 0.1) is 10.2 Å². The Morgan fingerprint density at radius 3 is 2.44 bits per heavy atom. The third kappa shape index (κ3) is 2.59. The molecule has 0 aliphatic heterocycles. The Hall–Kier alpha value is -0.880. The van der Waals surface area contributed by atoms with Crippen molar-refractivity contribution in [2.24, 2.45) is 0 Å². The summed E-state index contributed by atoms with van der Waals surface area (Å²) in [6.07, 6.45) is 0. The van der Waals surface area contributed by atoms with Crippen LogP contribution in [-0.2, 0) is 0 Å². The molecule has 2 rings (SSSR count). The lowest BCUT2D eigenvalue weighted by Crippen LogP contribution is -2.04. The van der Waals surface area contributed by atoms with Gasteiger partial charge in [0.25, 0.3) is 0 Å². The van der Waals surface area contributed by atoms with Crippen LogP contribution in [0.1, 0.15) is 25.5 Å². The number of aromatic nitrogens is 2. The molecule has 0 unspecified atom stereocenters. The average Bonchev–Trinajstić information content (AvgIpc) is 2.76. The SMILES string of the molecule is CNc1nc(-c2ccc(Br)o2)nc(C(C)C)c1Br. The monoisotopic (exact) mass is 373 g/mol. The first-order chi connectivity index (χ1) is 8.52. The van der Waals surface area contributed by atoms with Gasteiger partial charge in [-0.25, -0.2) is 9.97 Å². The van der Waals surface area contributed by atoms with Gasteiger partial charge in [-0.1, -0.05) is 13.8 Å². The van der Waals surface area contributed by atoms with Gasteiger partial charge in [-0.2, -0.15) is 0 Å². The summed E-state index contributed by atoms with van der Waals surface area (Å²) in [4.78, 5) is 8.99. The lowest BCUT2D eigenvalue weighted by molar-refractivity contribution is 0.550. The predicted molar refractivity (Wildman–Crippen MR) is 78.8 cm³/mol. The van der Waals surface area contributed by atoms with Crippen LogP contribution in [0, 0.1) is 0 Å². The summed E-state index contributed by atoms with van der Waals surface area (Å²) in [6.45, 7) is 4.18. The summed E-state index contributed by atoms with van der Waals surface area (Å²) in [5.74, 6) is 2.28. The van der Waals surface area contributed by atoms with Gasteiger partial charge in [0.2, 0.25) is 0 Å². The highest BCUT2D eigenvalue weighted by molar-refractivity contribution is 9.10. The van der Waals surface area contributed by atoms with Crippen LogP contribution < -0.4 is 5.32 Å². The molecule has 0 aliphatic rings. The fourth-order valence-corrected chi connectivity index (χ4v) is 2.70. The Morgan fingerprint density at radius 1 is 1.22 bits per heavy atom. The molecule has 0 amide bonds. The van der Waals surface area contributed by atoms with Gasteiger partial charge in [-0.05, 0) is 49.9 Å². The summed E-state index contributed by atoms with van der Waals surface area (Å²) < 4.78 is 7.06. The Morgan fingerprint density at radius 2 is 1.94 bits per heavy atom. The summed E-state index contributed by atoms with van der Waals surface area (Å²) in [7, 11) is 1.83. The number of nitrogens with one attached hydrogen (secondary N) is 1. The highest BCUT2D eigenvalue weighted by Gasteiger charge is 2.16. The quantitative estimate of drug-likeness (QED) is 0.863. The lowest BCUT2D eigenvalue weighted by Gasteiger charge is -2.12. The van der Waals surface area contributed by atoms with Gasteiger partial charge in [0, 0.05) is 7.05 Å². The fraction of sp³-hybridized carbons (Fsp3) is 0.333. The lowest BCUT2D eigenvalue weighted by atomic mass is 10.1. The topological polar surface area (TPSA) is 51.0 Å². The van der Waals surface area contributed by atoms with E-state index in [-0.39, 0.29) is 0 Å². The molecule has 0 aliphatic carbocycles. The van der Waals surface area contributed by atoms with Crippen LogP contribution in [0.3, 0.4) is 0 Å². The van der Waals surface area contributed by atoms with E-state index in [4.69, 9.17) is 4.42 Å². The van der Waals surface area contributed by atoms with Crippen LogP contribution in [0.5, 0.6) is 0 Å². The first-order valence-electron chi connectivity index (χ1n) is 5.53. The molecule has 0 aromatic carbocycles. The van der Waals surface area contributed by atoms with Crippen molar-refractivity contribution in [2.75, 3.05) is 12.4 Å². The highest BCUT2D eigenvalue weighted by Crippen LogP contribution is 2.32. The molecule has 1 N–H and O–H groups in total. The predicted octanol–water partition coefficient (Wildman–Crippen LogP) is 4.43. The molecule has 96 valence electrons. The first kappa shape index (κ1) is 13.5. The Balaban J connectivity index is 2.58. The zero-order chi connectivity index (χ0) is 13.3. The van der Waals surface area contributed by atoms with Gasteiger partial charge in [-0.3, -0.25) is 0 Å². The molecule has 6 heteroatoms. The molecule has 0 fully saturated rings. The molecule has 0 bridgehead atoms. The van der Waals surface area contributed by atoms with Crippen LogP contribution in [0.15, 0.2) is 25.7 Å². The molecular formula is C12H13Br2N3O. The van der Waals surface area contributed by atoms with Crippen LogP contribution in [-0.4, -0.2) is 17.0 Å². The summed E-state index contributed by atoms with van der Waals surface area (Å²) in [5, 5.41) is 3.06. The summed E-state index contributed by atoms with van der Waals surface area (Å²) in [6, 6.07) is 3.67. The molecule has 2 aromatic rings. The normalized spacial score (nSPS) is 11.0. The largest absolute Gasteiger partial charge is 0.446 e. The number of hydrogen-bond acceptors (Lipinski definition) is 4. The number of halogens is 2. The van der Waals surface area contributed by atoms with Gasteiger partial charge in [0.15, 0.2) is 16.3 Å². The molecule has 18 heavy (non-hydrogen) atoms. The Labute approximate surface area is 122 Å². The average molecular weight is 375 g/mol. The van der Waals surface area contributed by atoms with Gasteiger partial charge in [-0.15, -0.1) is 0 Å². The van der Waals surface area contributed by atoms with Crippen LogP contribution >= 0.6 is 31.9 Å². The van der Waals surface area contributed by atoms with Crippen LogP contribution in [0.4, 0.5) is 5.82 Å². The minimum Gasteiger partial charge on any atom is -0.446 e. The molecule has 4 nitrogen and oxygen atoms in total. The zero-order valence-electron chi connectivity index (χ0n) is 10.3. The second-order valence-corrected chi connectivity index (χ2v) is 5.68. The third-order valence-corrected chi connectivity index (χ3v) is 3.66. The molecule has 0 saturated carbocycles. The van der Waals surface area contributed by atoms with Crippen molar-refractivity contribution < 1.29 is 4.42 Å². The minimum atomic E-state index is 0.298. The molecule has 0 saturated heterocycles. The molecule has 2 aromatic heterocycles. The van der Waals surface area contributed by atoms with Crippen molar-refractivity contribution in [3.63, 3.8) is 0 Å². The fourth-order valence-electron chi connectivity index (χ4n) is 1.56. The second kappa shape index (κ2) is 5.40. The van der Waals surface area contributed by atoms with Crippen molar-refractivity contribution in [2.45, 2.75) is 19.8 Å². The van der Waals surface area contributed by atoms with Gasteiger partial charge >= 0.3 is 0 Å².